The molecule has 2 nitrogen and oxygen atoms in total. The highest BCUT2D eigenvalue weighted by Gasteiger charge is 2.24. The number of aliphatic hydroxyl groups is 1. The van der Waals surface area contributed by atoms with Crippen LogP contribution in [0.2, 0.25) is 0 Å². The lowest BCUT2D eigenvalue weighted by Crippen LogP contribution is -2.31. The van der Waals surface area contributed by atoms with Crippen molar-refractivity contribution in [3.8, 4) is 0 Å². The van der Waals surface area contributed by atoms with Crippen LogP contribution in [0.15, 0.2) is 24.3 Å². The van der Waals surface area contributed by atoms with Gasteiger partial charge in [-0.05, 0) is 37.3 Å². The van der Waals surface area contributed by atoms with Crippen molar-refractivity contribution < 1.29 is 5.11 Å². The number of aliphatic hydroxyl groups excluding tert-OH is 1. The Morgan fingerprint density at radius 2 is 2.00 bits per heavy atom. The van der Waals surface area contributed by atoms with E-state index in [0.29, 0.717) is 5.92 Å². The number of hydrogen-bond donors (Lipinski definition) is 2. The molecule has 2 rings (SSSR count). The molecule has 1 aliphatic rings. The Morgan fingerprint density at radius 1 is 1.31 bits per heavy atom. The van der Waals surface area contributed by atoms with Gasteiger partial charge in [0.1, 0.15) is 0 Å². The molecule has 0 bridgehead atoms. The van der Waals surface area contributed by atoms with E-state index in [2.05, 4.69) is 24.4 Å². The quantitative estimate of drug-likeness (QED) is 0.816. The zero-order valence-electron chi connectivity index (χ0n) is 9.95. The lowest BCUT2D eigenvalue weighted by atomic mass is 9.98. The Balaban J connectivity index is 2.03. The minimum atomic E-state index is 0.226. The Hall–Kier alpha value is -1.02. The van der Waals surface area contributed by atoms with E-state index in [0.717, 1.165) is 5.69 Å². The summed E-state index contributed by atoms with van der Waals surface area (Å²) >= 11 is 0. The number of aryl methyl sites for hydroxylation is 1. The van der Waals surface area contributed by atoms with Gasteiger partial charge >= 0.3 is 0 Å². The van der Waals surface area contributed by atoms with Crippen molar-refractivity contribution in [1.29, 1.82) is 0 Å². The monoisotopic (exact) mass is 219 g/mol. The lowest BCUT2D eigenvalue weighted by Gasteiger charge is -2.24. The molecule has 0 amide bonds. The van der Waals surface area contributed by atoms with Crippen LogP contribution in [0.25, 0.3) is 0 Å². The maximum absolute atomic E-state index is 9.48. The molecule has 0 heterocycles. The molecule has 1 aliphatic carbocycles. The van der Waals surface area contributed by atoms with Crippen molar-refractivity contribution in [2.75, 3.05) is 11.9 Å². The summed E-state index contributed by atoms with van der Waals surface area (Å²) in [5, 5.41) is 13.0. The number of para-hydroxylation sites is 1. The Bertz CT molecular complexity index is 331. The summed E-state index contributed by atoms with van der Waals surface area (Å²) in [5.41, 5.74) is 2.41. The molecule has 1 aromatic rings. The largest absolute Gasteiger partial charge is 0.394 e. The molecule has 0 aliphatic heterocycles. The predicted molar refractivity (Wildman–Crippen MR) is 67.6 cm³/mol. The smallest absolute Gasteiger partial charge is 0.0635 e. The molecule has 88 valence electrons. The summed E-state index contributed by atoms with van der Waals surface area (Å²) in [7, 11) is 0. The van der Waals surface area contributed by atoms with Gasteiger partial charge in [0.2, 0.25) is 0 Å². The zero-order chi connectivity index (χ0) is 11.4. The fraction of sp³-hybridized carbons (Fsp3) is 0.571. The third-order valence-electron chi connectivity index (χ3n) is 3.65. The Morgan fingerprint density at radius 3 is 2.62 bits per heavy atom. The van der Waals surface area contributed by atoms with E-state index >= 15 is 0 Å². The fourth-order valence-electron chi connectivity index (χ4n) is 2.61. The van der Waals surface area contributed by atoms with Crippen LogP contribution in [0.1, 0.15) is 31.2 Å². The molecule has 0 aromatic heterocycles. The highest BCUT2D eigenvalue weighted by atomic mass is 16.3. The summed E-state index contributed by atoms with van der Waals surface area (Å²) in [5.74, 6) is 0.643. The van der Waals surface area contributed by atoms with Gasteiger partial charge in [-0.2, -0.15) is 0 Å². The second kappa shape index (κ2) is 5.35. The first-order valence-corrected chi connectivity index (χ1v) is 6.24. The van der Waals surface area contributed by atoms with Crippen molar-refractivity contribution in [2.45, 2.75) is 38.6 Å². The minimum Gasteiger partial charge on any atom is -0.394 e. The van der Waals surface area contributed by atoms with Gasteiger partial charge in [0, 0.05) is 5.69 Å². The molecule has 0 spiro atoms. The average Bonchev–Trinajstić information content (AvgIpc) is 2.81. The van der Waals surface area contributed by atoms with E-state index in [1.54, 1.807) is 0 Å². The fourth-order valence-corrected chi connectivity index (χ4v) is 2.61. The SMILES string of the molecule is Cc1ccccc1NC(CO)C1CCCC1. The maximum atomic E-state index is 9.48. The van der Waals surface area contributed by atoms with Crippen LogP contribution in [-0.2, 0) is 0 Å². The molecular formula is C14H21NO. The maximum Gasteiger partial charge on any atom is 0.0635 e. The molecule has 0 saturated heterocycles. The average molecular weight is 219 g/mol. The normalized spacial score (nSPS) is 18.6. The summed E-state index contributed by atoms with van der Waals surface area (Å²) < 4.78 is 0. The standard InChI is InChI=1S/C14H21NO/c1-11-6-2-5-9-13(11)15-14(10-16)12-7-3-4-8-12/h2,5-6,9,12,14-16H,3-4,7-8,10H2,1H3. The van der Waals surface area contributed by atoms with Crippen molar-refractivity contribution in [3.05, 3.63) is 29.8 Å². The van der Waals surface area contributed by atoms with Crippen LogP contribution >= 0.6 is 0 Å². The first-order valence-electron chi connectivity index (χ1n) is 6.24. The highest BCUT2D eigenvalue weighted by Crippen LogP contribution is 2.29. The van der Waals surface area contributed by atoms with Gasteiger partial charge in [0.25, 0.3) is 0 Å². The van der Waals surface area contributed by atoms with Crippen LogP contribution in [0.5, 0.6) is 0 Å². The zero-order valence-corrected chi connectivity index (χ0v) is 9.95. The Labute approximate surface area is 97.7 Å². The molecule has 1 aromatic carbocycles. The van der Waals surface area contributed by atoms with Gasteiger partial charge in [-0.25, -0.2) is 0 Å². The molecule has 1 atom stereocenters. The van der Waals surface area contributed by atoms with Crippen LogP contribution < -0.4 is 5.32 Å². The van der Waals surface area contributed by atoms with Crippen LogP contribution in [0, 0.1) is 12.8 Å². The molecule has 2 heteroatoms. The second-order valence-corrected chi connectivity index (χ2v) is 4.79. The van der Waals surface area contributed by atoms with Crippen molar-refractivity contribution in [2.24, 2.45) is 5.92 Å². The summed E-state index contributed by atoms with van der Waals surface area (Å²) in [6.45, 7) is 2.34. The van der Waals surface area contributed by atoms with Crippen molar-refractivity contribution >= 4 is 5.69 Å². The highest BCUT2D eigenvalue weighted by molar-refractivity contribution is 5.51. The first-order chi connectivity index (χ1) is 7.81. The first kappa shape index (κ1) is 11.5. The van der Waals surface area contributed by atoms with E-state index in [1.807, 2.05) is 12.1 Å². The topological polar surface area (TPSA) is 32.3 Å². The van der Waals surface area contributed by atoms with Crippen molar-refractivity contribution in [1.82, 2.24) is 0 Å². The molecule has 1 unspecified atom stereocenters. The minimum absolute atomic E-state index is 0.226. The molecule has 1 fully saturated rings. The molecule has 1 saturated carbocycles. The van der Waals surface area contributed by atoms with Gasteiger partial charge in [-0.1, -0.05) is 31.0 Å². The van der Waals surface area contributed by atoms with Gasteiger partial charge in [0.15, 0.2) is 0 Å². The van der Waals surface area contributed by atoms with Crippen molar-refractivity contribution in [3.63, 3.8) is 0 Å². The Kier molecular flexibility index (Phi) is 3.83. The third kappa shape index (κ3) is 2.56. The van der Waals surface area contributed by atoms with E-state index in [1.165, 1.54) is 31.2 Å². The number of hydrogen-bond acceptors (Lipinski definition) is 2. The lowest BCUT2D eigenvalue weighted by molar-refractivity contribution is 0.238. The predicted octanol–water partition coefficient (Wildman–Crippen LogP) is 2.96. The number of anilines is 1. The van der Waals surface area contributed by atoms with Crippen LogP contribution in [0.4, 0.5) is 5.69 Å². The van der Waals surface area contributed by atoms with Gasteiger partial charge in [-0.15, -0.1) is 0 Å². The molecule has 2 N–H and O–H groups in total. The van der Waals surface area contributed by atoms with Crippen LogP contribution in [-0.4, -0.2) is 17.8 Å². The van der Waals surface area contributed by atoms with Gasteiger partial charge in [0.05, 0.1) is 12.6 Å². The number of benzene rings is 1. The number of nitrogens with one attached hydrogen (secondary N) is 1. The summed E-state index contributed by atoms with van der Waals surface area (Å²) in [4.78, 5) is 0. The van der Waals surface area contributed by atoms with Gasteiger partial charge < -0.3 is 10.4 Å². The molecule has 0 radical (unpaired) electrons. The van der Waals surface area contributed by atoms with Gasteiger partial charge in [-0.3, -0.25) is 0 Å². The molecule has 16 heavy (non-hydrogen) atoms. The summed E-state index contributed by atoms with van der Waals surface area (Å²) in [6.07, 6.45) is 5.14. The second-order valence-electron chi connectivity index (χ2n) is 4.79. The third-order valence-corrected chi connectivity index (χ3v) is 3.65. The van der Waals surface area contributed by atoms with Crippen LogP contribution in [0.3, 0.4) is 0 Å². The summed E-state index contributed by atoms with van der Waals surface area (Å²) in [6, 6.07) is 8.50. The van der Waals surface area contributed by atoms with E-state index in [9.17, 15) is 5.11 Å². The van der Waals surface area contributed by atoms with E-state index in [4.69, 9.17) is 0 Å². The molecular weight excluding hydrogens is 198 g/mol. The number of rotatable bonds is 4. The van der Waals surface area contributed by atoms with E-state index < -0.39 is 0 Å². The van der Waals surface area contributed by atoms with E-state index in [-0.39, 0.29) is 12.6 Å².